The van der Waals surface area contributed by atoms with Gasteiger partial charge in [-0.25, -0.2) is 9.78 Å². The van der Waals surface area contributed by atoms with Gasteiger partial charge in [0.05, 0.1) is 17.6 Å². The zero-order chi connectivity index (χ0) is 19.6. The van der Waals surface area contributed by atoms with Crippen molar-refractivity contribution >= 4 is 16.9 Å². The second-order valence-electron chi connectivity index (χ2n) is 6.99. The van der Waals surface area contributed by atoms with Gasteiger partial charge in [-0.05, 0) is 51.8 Å². The van der Waals surface area contributed by atoms with E-state index in [1.165, 1.54) is 0 Å². The predicted octanol–water partition coefficient (Wildman–Crippen LogP) is 2.57. The van der Waals surface area contributed by atoms with Crippen LogP contribution in [0.15, 0.2) is 29.1 Å². The van der Waals surface area contributed by atoms with Gasteiger partial charge in [0, 0.05) is 23.9 Å². The molecule has 0 aliphatic heterocycles. The summed E-state index contributed by atoms with van der Waals surface area (Å²) in [5.74, 6) is 0.792. The smallest absolute Gasteiger partial charge is 0.345 e. The molecule has 0 bridgehead atoms. The van der Waals surface area contributed by atoms with Gasteiger partial charge in [-0.1, -0.05) is 12.1 Å². The fourth-order valence-corrected chi connectivity index (χ4v) is 3.42. The van der Waals surface area contributed by atoms with Crippen molar-refractivity contribution < 1.29 is 4.79 Å². The minimum atomic E-state index is -0.356. The van der Waals surface area contributed by atoms with E-state index in [9.17, 15) is 9.59 Å². The van der Waals surface area contributed by atoms with Crippen LogP contribution in [0.2, 0.25) is 0 Å². The highest BCUT2D eigenvalue weighted by atomic mass is 16.1. The Kier molecular flexibility index (Phi) is 5.39. The maximum Gasteiger partial charge on any atom is 0.345 e. The lowest BCUT2D eigenvalue weighted by atomic mass is 10.1. The Balaban J connectivity index is 1.67. The monoisotopic (exact) mass is 367 g/mol. The van der Waals surface area contributed by atoms with Crippen molar-refractivity contribution in [1.82, 2.24) is 24.8 Å². The summed E-state index contributed by atoms with van der Waals surface area (Å²) in [6, 6.07) is 8.23. The van der Waals surface area contributed by atoms with Crippen molar-refractivity contribution in [2.45, 2.75) is 53.1 Å². The summed E-state index contributed by atoms with van der Waals surface area (Å²) >= 11 is 0. The van der Waals surface area contributed by atoms with E-state index in [2.05, 4.69) is 38.7 Å². The van der Waals surface area contributed by atoms with E-state index in [0.29, 0.717) is 25.1 Å². The molecule has 0 aliphatic rings. The number of imidazole rings is 1. The molecule has 0 unspecified atom stereocenters. The molecule has 0 spiro atoms. The molecule has 27 heavy (non-hydrogen) atoms. The van der Waals surface area contributed by atoms with E-state index in [0.717, 1.165) is 28.1 Å². The molecule has 142 valence electrons. The number of hydrogen-bond acceptors (Lipinski definition) is 4. The number of benzene rings is 1. The number of nitrogens with zero attached hydrogens (tertiary/aromatic N) is 3. The van der Waals surface area contributed by atoms with Gasteiger partial charge in [0.1, 0.15) is 5.82 Å². The highest BCUT2D eigenvalue weighted by Crippen LogP contribution is 2.20. The molecule has 0 aliphatic carbocycles. The molecule has 0 saturated carbocycles. The standard InChI is InChI=1S/C20H25N5O2/c1-12(2)25-17-8-6-5-7-16(17)24-18(25)11-21-19(26)10-9-15-13(3)22-20(27)23-14(15)4/h5-8,12H,9-11H2,1-4H3,(H,21,26)(H,22,23,27). The number of rotatable bonds is 6. The van der Waals surface area contributed by atoms with Crippen LogP contribution >= 0.6 is 0 Å². The molecule has 3 aromatic rings. The van der Waals surface area contributed by atoms with Crippen LogP contribution in [0, 0.1) is 13.8 Å². The third kappa shape index (κ3) is 4.07. The van der Waals surface area contributed by atoms with Gasteiger partial charge in [0.25, 0.3) is 0 Å². The minimum absolute atomic E-state index is 0.0534. The van der Waals surface area contributed by atoms with Crippen molar-refractivity contribution in [2.24, 2.45) is 0 Å². The van der Waals surface area contributed by atoms with Gasteiger partial charge >= 0.3 is 5.69 Å². The number of amides is 1. The zero-order valence-corrected chi connectivity index (χ0v) is 16.2. The normalized spacial score (nSPS) is 11.3. The van der Waals surface area contributed by atoms with Crippen LogP contribution in [0.1, 0.15) is 49.1 Å². The first-order valence-corrected chi connectivity index (χ1v) is 9.15. The van der Waals surface area contributed by atoms with Gasteiger partial charge in [-0.2, -0.15) is 4.98 Å². The first-order valence-electron chi connectivity index (χ1n) is 9.15. The lowest BCUT2D eigenvalue weighted by Gasteiger charge is -2.14. The van der Waals surface area contributed by atoms with Crippen LogP contribution in [0.5, 0.6) is 0 Å². The summed E-state index contributed by atoms with van der Waals surface area (Å²) in [6.07, 6.45) is 0.866. The van der Waals surface area contributed by atoms with Gasteiger partial charge < -0.3 is 14.9 Å². The highest BCUT2D eigenvalue weighted by Gasteiger charge is 2.14. The topological polar surface area (TPSA) is 92.7 Å². The maximum absolute atomic E-state index is 12.3. The van der Waals surface area contributed by atoms with Gasteiger partial charge in [-0.15, -0.1) is 0 Å². The Hall–Kier alpha value is -2.96. The highest BCUT2D eigenvalue weighted by molar-refractivity contribution is 5.77. The van der Waals surface area contributed by atoms with Crippen molar-refractivity contribution in [3.05, 3.63) is 57.5 Å². The Morgan fingerprint density at radius 1 is 1.22 bits per heavy atom. The number of hydrogen-bond donors (Lipinski definition) is 2. The molecule has 0 atom stereocenters. The number of nitrogens with one attached hydrogen (secondary N) is 2. The lowest BCUT2D eigenvalue weighted by molar-refractivity contribution is -0.121. The third-order valence-corrected chi connectivity index (χ3v) is 4.68. The number of aromatic nitrogens is 4. The molecular weight excluding hydrogens is 342 g/mol. The Bertz CT molecular complexity index is 1010. The summed E-state index contributed by atoms with van der Waals surface area (Å²) in [7, 11) is 0. The first kappa shape index (κ1) is 18.8. The van der Waals surface area contributed by atoms with Gasteiger partial charge in [0.15, 0.2) is 0 Å². The molecule has 7 nitrogen and oxygen atoms in total. The zero-order valence-electron chi connectivity index (χ0n) is 16.2. The predicted molar refractivity (Wildman–Crippen MR) is 105 cm³/mol. The second kappa shape index (κ2) is 7.73. The minimum Gasteiger partial charge on any atom is -0.349 e. The molecule has 0 fully saturated rings. The molecule has 0 radical (unpaired) electrons. The summed E-state index contributed by atoms with van der Waals surface area (Å²) in [5.41, 5.74) is 4.00. The van der Waals surface area contributed by atoms with Crippen LogP contribution in [-0.4, -0.2) is 25.4 Å². The Morgan fingerprint density at radius 2 is 1.96 bits per heavy atom. The molecule has 2 N–H and O–H groups in total. The Morgan fingerprint density at radius 3 is 2.67 bits per heavy atom. The van der Waals surface area contributed by atoms with Crippen molar-refractivity contribution in [3.8, 4) is 0 Å². The van der Waals surface area contributed by atoms with Crippen LogP contribution in [0.4, 0.5) is 0 Å². The quantitative estimate of drug-likeness (QED) is 0.700. The summed E-state index contributed by atoms with van der Waals surface area (Å²) in [5, 5.41) is 2.96. The van der Waals surface area contributed by atoms with E-state index in [1.807, 2.05) is 31.2 Å². The first-order chi connectivity index (χ1) is 12.9. The molecule has 1 aromatic carbocycles. The fraction of sp³-hybridized carbons (Fsp3) is 0.400. The average Bonchev–Trinajstić information content (AvgIpc) is 2.97. The van der Waals surface area contributed by atoms with Crippen LogP contribution in [-0.2, 0) is 17.8 Å². The second-order valence-corrected chi connectivity index (χ2v) is 6.99. The summed E-state index contributed by atoms with van der Waals surface area (Å²) < 4.78 is 2.15. The third-order valence-electron chi connectivity index (χ3n) is 4.68. The number of fused-ring (bicyclic) bond motifs is 1. The number of aryl methyl sites for hydroxylation is 2. The molecule has 2 heterocycles. The molecule has 3 rings (SSSR count). The Labute approximate surface area is 157 Å². The SMILES string of the molecule is Cc1nc(=O)[nH]c(C)c1CCC(=O)NCc1nc2ccccc2n1C(C)C. The van der Waals surface area contributed by atoms with Gasteiger partial charge in [0.2, 0.25) is 5.91 Å². The van der Waals surface area contributed by atoms with Crippen LogP contribution in [0.25, 0.3) is 11.0 Å². The van der Waals surface area contributed by atoms with E-state index >= 15 is 0 Å². The van der Waals surface area contributed by atoms with Crippen molar-refractivity contribution in [3.63, 3.8) is 0 Å². The molecule has 1 amide bonds. The number of H-pyrrole nitrogens is 1. The number of carbonyl (C=O) groups excluding carboxylic acids is 1. The van der Waals surface area contributed by atoms with Crippen LogP contribution in [0.3, 0.4) is 0 Å². The maximum atomic E-state index is 12.3. The summed E-state index contributed by atoms with van der Waals surface area (Å²) in [4.78, 5) is 35.0. The van der Waals surface area contributed by atoms with E-state index < -0.39 is 0 Å². The molecule has 2 aromatic heterocycles. The summed E-state index contributed by atoms with van der Waals surface area (Å²) in [6.45, 7) is 8.21. The lowest BCUT2D eigenvalue weighted by Crippen LogP contribution is -2.26. The van der Waals surface area contributed by atoms with E-state index in [1.54, 1.807) is 6.92 Å². The van der Waals surface area contributed by atoms with Gasteiger partial charge in [-0.3, -0.25) is 4.79 Å². The number of aromatic amines is 1. The number of para-hydroxylation sites is 2. The fourth-order valence-electron chi connectivity index (χ4n) is 3.42. The molecule has 7 heteroatoms. The average molecular weight is 367 g/mol. The van der Waals surface area contributed by atoms with Crippen molar-refractivity contribution in [1.29, 1.82) is 0 Å². The molecule has 0 saturated heterocycles. The number of carbonyl (C=O) groups is 1. The van der Waals surface area contributed by atoms with E-state index in [4.69, 9.17) is 0 Å². The molecular formula is C20H25N5O2. The van der Waals surface area contributed by atoms with E-state index in [-0.39, 0.29) is 17.6 Å². The van der Waals surface area contributed by atoms with Crippen molar-refractivity contribution in [2.75, 3.05) is 0 Å². The largest absolute Gasteiger partial charge is 0.349 e. The van der Waals surface area contributed by atoms with Crippen LogP contribution < -0.4 is 11.0 Å².